The first-order valence-electron chi connectivity index (χ1n) is 11.3. The third-order valence-corrected chi connectivity index (χ3v) is 6.21. The number of hydrogen-bond donors (Lipinski definition) is 2. The van der Waals surface area contributed by atoms with E-state index in [2.05, 4.69) is 15.2 Å². The number of H-pyrrole nitrogens is 2. The second kappa shape index (κ2) is 10.4. The van der Waals surface area contributed by atoms with Gasteiger partial charge in [0.2, 0.25) is 0 Å². The molecule has 202 valence electrons. The topological polar surface area (TPSA) is 83.2 Å². The van der Waals surface area contributed by atoms with Crippen molar-refractivity contribution in [3.63, 3.8) is 0 Å². The van der Waals surface area contributed by atoms with Crippen molar-refractivity contribution >= 4 is 0 Å². The number of allylic oxidation sites excluding steroid dienone is 3. The predicted molar refractivity (Wildman–Crippen MR) is 116 cm³/mol. The highest BCUT2D eigenvalue weighted by Gasteiger charge is 2.41. The van der Waals surface area contributed by atoms with Gasteiger partial charge in [0.1, 0.15) is 11.7 Å². The molecular formula is C23H23F7N4O3. The normalized spacial score (nSPS) is 24.2. The van der Waals surface area contributed by atoms with Crippen LogP contribution in [0.4, 0.5) is 30.7 Å². The molecule has 37 heavy (non-hydrogen) atoms. The molecule has 0 spiro atoms. The highest BCUT2D eigenvalue weighted by Crippen LogP contribution is 2.39. The van der Waals surface area contributed by atoms with Crippen LogP contribution in [0.3, 0.4) is 0 Å². The monoisotopic (exact) mass is 536 g/mol. The largest absolute Gasteiger partial charge is 0.416 e. The van der Waals surface area contributed by atoms with Crippen molar-refractivity contribution < 1.29 is 40.2 Å². The van der Waals surface area contributed by atoms with E-state index in [1.54, 1.807) is 6.08 Å². The molecule has 1 saturated heterocycles. The summed E-state index contributed by atoms with van der Waals surface area (Å²) in [6.45, 7) is 1.95. The van der Waals surface area contributed by atoms with E-state index in [0.29, 0.717) is 24.5 Å². The molecule has 1 aromatic heterocycles. The molecule has 4 rings (SSSR count). The maximum absolute atomic E-state index is 13.6. The fourth-order valence-corrected chi connectivity index (χ4v) is 4.41. The van der Waals surface area contributed by atoms with Gasteiger partial charge in [-0.15, -0.1) is 0 Å². The molecule has 0 amide bonds. The van der Waals surface area contributed by atoms with Crippen molar-refractivity contribution in [1.29, 1.82) is 0 Å². The number of nitrogens with zero attached hydrogens (tertiary/aromatic N) is 2. The molecule has 2 heterocycles. The Bertz CT molecular complexity index is 1190. The van der Waals surface area contributed by atoms with Crippen LogP contribution >= 0.6 is 0 Å². The van der Waals surface area contributed by atoms with E-state index in [9.17, 15) is 35.5 Å². The highest BCUT2D eigenvalue weighted by molar-refractivity contribution is 5.34. The Morgan fingerprint density at radius 1 is 1.16 bits per heavy atom. The van der Waals surface area contributed by atoms with Gasteiger partial charge in [-0.3, -0.25) is 9.88 Å². The Kier molecular flexibility index (Phi) is 7.62. The van der Waals surface area contributed by atoms with Crippen molar-refractivity contribution in [2.75, 3.05) is 13.2 Å². The predicted octanol–water partition coefficient (Wildman–Crippen LogP) is 4.87. The molecule has 0 bridgehead atoms. The fraction of sp³-hybridized carbons (Fsp3) is 0.478. The number of ether oxygens (including phenoxy) is 2. The average molecular weight is 536 g/mol. The first kappa shape index (κ1) is 27.1. The summed E-state index contributed by atoms with van der Waals surface area (Å²) < 4.78 is 105. The molecule has 2 aliphatic rings. The van der Waals surface area contributed by atoms with Crippen LogP contribution in [0, 0.1) is 5.92 Å². The van der Waals surface area contributed by atoms with Gasteiger partial charge >= 0.3 is 18.0 Å². The van der Waals surface area contributed by atoms with Gasteiger partial charge in [-0.25, -0.2) is 14.3 Å². The molecule has 1 fully saturated rings. The Labute approximate surface area is 205 Å². The molecule has 2 N–H and O–H groups in total. The summed E-state index contributed by atoms with van der Waals surface area (Å²) in [5.74, 6) is -0.501. The lowest BCUT2D eigenvalue weighted by molar-refractivity contribution is -0.235. The molecule has 7 nitrogen and oxygen atoms in total. The van der Waals surface area contributed by atoms with Crippen molar-refractivity contribution in [2.24, 2.45) is 5.92 Å². The fourth-order valence-electron chi connectivity index (χ4n) is 4.41. The lowest BCUT2D eigenvalue weighted by Crippen LogP contribution is -2.55. The van der Waals surface area contributed by atoms with Gasteiger partial charge in [-0.1, -0.05) is 6.08 Å². The Morgan fingerprint density at radius 3 is 2.38 bits per heavy atom. The Hall–Kier alpha value is -2.97. The number of aromatic amines is 2. The molecule has 1 aliphatic heterocycles. The van der Waals surface area contributed by atoms with Gasteiger partial charge in [-0.2, -0.15) is 31.4 Å². The van der Waals surface area contributed by atoms with Gasteiger partial charge < -0.3 is 9.47 Å². The minimum absolute atomic E-state index is 0.0518. The summed E-state index contributed by atoms with van der Waals surface area (Å²) in [7, 11) is 0. The van der Waals surface area contributed by atoms with E-state index < -0.39 is 53.4 Å². The molecule has 2 aromatic rings. The lowest BCUT2D eigenvalue weighted by atomic mass is 9.89. The zero-order chi connectivity index (χ0) is 27.0. The minimum atomic E-state index is -5.00. The number of alkyl halides is 6. The van der Waals surface area contributed by atoms with Crippen LogP contribution < -0.4 is 5.69 Å². The summed E-state index contributed by atoms with van der Waals surface area (Å²) in [6, 6.07) is 0.659. The van der Waals surface area contributed by atoms with Crippen LogP contribution in [-0.4, -0.2) is 45.6 Å². The van der Waals surface area contributed by atoms with E-state index in [1.807, 2.05) is 4.90 Å². The van der Waals surface area contributed by atoms with E-state index in [1.165, 1.54) is 19.1 Å². The summed E-state index contributed by atoms with van der Waals surface area (Å²) in [6.07, 6.45) is -7.84. The second-order valence-electron chi connectivity index (χ2n) is 8.79. The summed E-state index contributed by atoms with van der Waals surface area (Å²) in [5.41, 5.74) is -3.75. The van der Waals surface area contributed by atoms with Gasteiger partial charge in [0.25, 0.3) is 0 Å². The van der Waals surface area contributed by atoms with Crippen molar-refractivity contribution in [3.8, 4) is 0 Å². The number of halogens is 7. The number of hydrogen-bond acceptors (Lipinski definition) is 5. The SMILES string of the molecule is C[C@@H](O[C@H]1OCCN(Cc2n[nH]c(=O)[nH]2)[C@H]1C1C=CC(F)=CC1)c1cc(C(F)(F)F)cc(C(F)(F)F)c1. The summed E-state index contributed by atoms with van der Waals surface area (Å²) in [5, 5.41) is 6.13. The zero-order valence-corrected chi connectivity index (χ0v) is 19.4. The van der Waals surface area contributed by atoms with E-state index in [0.717, 1.165) is 0 Å². The molecule has 4 atom stereocenters. The maximum Gasteiger partial charge on any atom is 0.416 e. The second-order valence-corrected chi connectivity index (χ2v) is 8.79. The zero-order valence-electron chi connectivity index (χ0n) is 19.4. The van der Waals surface area contributed by atoms with Crippen molar-refractivity contribution in [2.45, 2.75) is 50.7 Å². The van der Waals surface area contributed by atoms with E-state index in [-0.39, 0.29) is 37.1 Å². The van der Waals surface area contributed by atoms with E-state index >= 15 is 0 Å². The highest BCUT2D eigenvalue weighted by atomic mass is 19.4. The van der Waals surface area contributed by atoms with Crippen LogP contribution in [0.25, 0.3) is 0 Å². The molecule has 0 saturated carbocycles. The van der Waals surface area contributed by atoms with Gasteiger partial charge in [0.15, 0.2) is 6.29 Å². The van der Waals surface area contributed by atoms with Crippen molar-refractivity contribution in [1.82, 2.24) is 20.1 Å². The Balaban J connectivity index is 1.63. The standard InChI is InChI=1S/C23H23F7N4O3/c1-12(14-8-15(22(25,26)27)10-16(9-14)23(28,29)30)37-20-19(13-2-4-17(24)5-3-13)34(6-7-36-20)11-18-31-21(35)33-32-18/h2,4-5,8-10,12-13,19-20H,3,6-7,11H2,1H3,(H2,31,32,33,35)/t12-,13?,19+,20-/m1/s1. The van der Waals surface area contributed by atoms with E-state index in [4.69, 9.17) is 9.47 Å². The summed E-state index contributed by atoms with van der Waals surface area (Å²) in [4.78, 5) is 15.8. The first-order chi connectivity index (χ1) is 17.3. The molecule has 1 aromatic carbocycles. The average Bonchev–Trinajstić information content (AvgIpc) is 3.23. The number of nitrogens with one attached hydrogen (secondary N) is 2. The maximum atomic E-state index is 13.6. The molecule has 1 unspecified atom stereocenters. The summed E-state index contributed by atoms with van der Waals surface area (Å²) >= 11 is 0. The molecule has 0 radical (unpaired) electrons. The molecule has 14 heteroatoms. The van der Waals surface area contributed by atoms with Gasteiger partial charge in [0.05, 0.1) is 36.4 Å². The lowest BCUT2D eigenvalue weighted by Gasteiger charge is -2.44. The van der Waals surface area contributed by atoms with Crippen molar-refractivity contribution in [3.05, 3.63) is 75.3 Å². The van der Waals surface area contributed by atoms with Crippen LogP contribution in [0.1, 0.15) is 42.0 Å². The van der Waals surface area contributed by atoms with Crippen LogP contribution in [0.2, 0.25) is 0 Å². The molecular weight excluding hydrogens is 513 g/mol. The number of benzene rings is 1. The quantitative estimate of drug-likeness (QED) is 0.515. The molecule has 1 aliphatic carbocycles. The van der Waals surface area contributed by atoms with Crippen LogP contribution in [0.15, 0.2) is 47.0 Å². The number of morpholine rings is 1. The Morgan fingerprint density at radius 2 is 1.84 bits per heavy atom. The third-order valence-electron chi connectivity index (χ3n) is 6.21. The number of aromatic nitrogens is 3. The third kappa shape index (κ3) is 6.48. The smallest absolute Gasteiger partial charge is 0.350 e. The minimum Gasteiger partial charge on any atom is -0.350 e. The van der Waals surface area contributed by atoms with Crippen LogP contribution in [0.5, 0.6) is 0 Å². The van der Waals surface area contributed by atoms with Gasteiger partial charge in [-0.05, 0) is 49.3 Å². The van der Waals surface area contributed by atoms with Gasteiger partial charge in [0, 0.05) is 12.5 Å². The first-order valence-corrected chi connectivity index (χ1v) is 11.3. The number of rotatable bonds is 6. The van der Waals surface area contributed by atoms with Crippen LogP contribution in [-0.2, 0) is 28.4 Å².